The van der Waals surface area contributed by atoms with Crippen molar-refractivity contribution in [2.75, 3.05) is 10.6 Å². The van der Waals surface area contributed by atoms with Crippen molar-refractivity contribution in [1.82, 2.24) is 9.97 Å². The number of aromatic nitrogens is 2. The van der Waals surface area contributed by atoms with Gasteiger partial charge in [-0.2, -0.15) is 0 Å². The minimum absolute atomic E-state index is 0.520. The van der Waals surface area contributed by atoms with Crippen molar-refractivity contribution in [2.45, 2.75) is 25.8 Å². The third-order valence-electron chi connectivity index (χ3n) is 4.89. The summed E-state index contributed by atoms with van der Waals surface area (Å²) >= 11 is 3.48. The fourth-order valence-corrected chi connectivity index (χ4v) is 3.81. The van der Waals surface area contributed by atoms with Crippen LogP contribution in [0.4, 0.5) is 23.0 Å². The molecule has 0 saturated heterocycles. The second kappa shape index (κ2) is 7.48. The van der Waals surface area contributed by atoms with Gasteiger partial charge in [0.05, 0.1) is 6.54 Å². The highest BCUT2D eigenvalue weighted by Gasteiger charge is 2.20. The molecule has 1 aliphatic carbocycles. The van der Waals surface area contributed by atoms with Crippen molar-refractivity contribution < 1.29 is 0 Å². The average Bonchev–Trinajstić information content (AvgIpc) is 3.15. The zero-order valence-corrected chi connectivity index (χ0v) is 16.5. The molecule has 1 aromatic carbocycles. The van der Waals surface area contributed by atoms with Gasteiger partial charge in [0, 0.05) is 17.4 Å². The van der Waals surface area contributed by atoms with Crippen molar-refractivity contribution in [1.29, 1.82) is 0 Å². The summed E-state index contributed by atoms with van der Waals surface area (Å²) in [6.45, 7) is 4.26. The van der Waals surface area contributed by atoms with Crippen LogP contribution in [0.2, 0.25) is 0 Å². The van der Waals surface area contributed by atoms with E-state index in [-0.39, 0.29) is 0 Å². The number of rotatable bonds is 5. The van der Waals surface area contributed by atoms with Crippen LogP contribution in [0, 0.1) is 0 Å². The maximum Gasteiger partial charge on any atom is 0.160 e. The van der Waals surface area contributed by atoms with Crippen LogP contribution in [-0.4, -0.2) is 16.7 Å². The molecule has 2 N–H and O–H groups in total. The van der Waals surface area contributed by atoms with E-state index in [1.165, 1.54) is 17.5 Å². The zero-order chi connectivity index (χ0) is 18.8. The quantitative estimate of drug-likeness (QED) is 0.465. The Kier molecular flexibility index (Phi) is 4.90. The molecule has 0 bridgehead atoms. The lowest BCUT2D eigenvalue weighted by Gasteiger charge is -2.26. The first-order valence-electron chi connectivity index (χ1n) is 8.87. The predicted octanol–water partition coefficient (Wildman–Crippen LogP) is 4.98. The van der Waals surface area contributed by atoms with Gasteiger partial charge < -0.3 is 10.6 Å². The first-order valence-corrected chi connectivity index (χ1v) is 9.67. The molecule has 4 rings (SSSR count). The number of nitrogen functional groups attached to an aromatic ring is 1. The Morgan fingerprint density at radius 3 is 2.81 bits per heavy atom. The van der Waals surface area contributed by atoms with Crippen LogP contribution in [0.15, 0.2) is 58.3 Å². The Morgan fingerprint density at radius 2 is 2.00 bits per heavy atom. The molecule has 3 aromatic rings. The van der Waals surface area contributed by atoms with Crippen molar-refractivity contribution in [2.24, 2.45) is 4.99 Å². The van der Waals surface area contributed by atoms with Gasteiger partial charge >= 0.3 is 0 Å². The third kappa shape index (κ3) is 3.57. The standard InChI is InChI=1S/C21H20BrN5/c1-24-18-9-10-19(22)26-21(18)27(13-16-6-3-11-25-20(16)23)17-8-7-14-4-2-5-15(14)12-17/h3,6-12H,1-2,4-5,13H2,(H2,23,25). The number of halogens is 1. The number of hydrogen-bond acceptors (Lipinski definition) is 5. The second-order valence-corrected chi connectivity index (χ2v) is 7.39. The summed E-state index contributed by atoms with van der Waals surface area (Å²) in [7, 11) is 0. The highest BCUT2D eigenvalue weighted by Crippen LogP contribution is 2.37. The predicted molar refractivity (Wildman–Crippen MR) is 114 cm³/mol. The van der Waals surface area contributed by atoms with Crippen LogP contribution in [0.5, 0.6) is 0 Å². The summed E-state index contributed by atoms with van der Waals surface area (Å²) < 4.78 is 0.746. The summed E-state index contributed by atoms with van der Waals surface area (Å²) in [5, 5.41) is 0. The maximum atomic E-state index is 6.11. The number of pyridine rings is 2. The number of nitrogens with two attached hydrogens (primary N) is 1. The van der Waals surface area contributed by atoms with E-state index in [1.54, 1.807) is 6.20 Å². The first kappa shape index (κ1) is 17.7. The Bertz CT molecular complexity index is 1000. The van der Waals surface area contributed by atoms with Crippen molar-refractivity contribution in [3.05, 3.63) is 70.0 Å². The summed E-state index contributed by atoms with van der Waals surface area (Å²) in [6.07, 6.45) is 5.18. The molecule has 0 saturated carbocycles. The van der Waals surface area contributed by atoms with Crippen LogP contribution in [0.1, 0.15) is 23.1 Å². The van der Waals surface area contributed by atoms with E-state index in [0.29, 0.717) is 12.4 Å². The van der Waals surface area contributed by atoms with E-state index < -0.39 is 0 Å². The summed E-state index contributed by atoms with van der Waals surface area (Å²) in [4.78, 5) is 15.2. The van der Waals surface area contributed by atoms with Gasteiger partial charge in [-0.1, -0.05) is 12.1 Å². The molecule has 1 aliphatic rings. The third-order valence-corrected chi connectivity index (χ3v) is 5.34. The molecule has 2 aromatic heterocycles. The molecule has 2 heterocycles. The van der Waals surface area contributed by atoms with E-state index in [2.05, 4.69) is 60.7 Å². The number of anilines is 3. The van der Waals surface area contributed by atoms with E-state index in [4.69, 9.17) is 5.73 Å². The maximum absolute atomic E-state index is 6.11. The van der Waals surface area contributed by atoms with Crippen LogP contribution in [-0.2, 0) is 19.4 Å². The number of benzene rings is 1. The molecule has 136 valence electrons. The van der Waals surface area contributed by atoms with E-state index >= 15 is 0 Å². The Hall–Kier alpha value is -2.73. The van der Waals surface area contributed by atoms with Crippen molar-refractivity contribution in [3.63, 3.8) is 0 Å². The summed E-state index contributed by atoms with van der Waals surface area (Å²) in [5.41, 5.74) is 11.7. The molecular weight excluding hydrogens is 402 g/mol. The van der Waals surface area contributed by atoms with Crippen molar-refractivity contribution in [3.8, 4) is 0 Å². The van der Waals surface area contributed by atoms with Crippen molar-refractivity contribution >= 4 is 45.7 Å². The Morgan fingerprint density at radius 1 is 1.15 bits per heavy atom. The molecule has 6 heteroatoms. The summed E-state index contributed by atoms with van der Waals surface area (Å²) in [5.74, 6) is 1.26. The monoisotopic (exact) mass is 421 g/mol. The Balaban J connectivity index is 1.84. The first-order chi connectivity index (χ1) is 13.2. The van der Waals surface area contributed by atoms with E-state index in [9.17, 15) is 0 Å². The molecule has 0 spiro atoms. The molecule has 0 fully saturated rings. The van der Waals surface area contributed by atoms with Crippen LogP contribution in [0.3, 0.4) is 0 Å². The van der Waals surface area contributed by atoms with Gasteiger partial charge in [0.2, 0.25) is 0 Å². The molecule has 27 heavy (non-hydrogen) atoms. The van der Waals surface area contributed by atoms with E-state index in [1.807, 2.05) is 24.3 Å². The smallest absolute Gasteiger partial charge is 0.160 e. The largest absolute Gasteiger partial charge is 0.383 e. The topological polar surface area (TPSA) is 67.4 Å². The molecule has 0 aliphatic heterocycles. The van der Waals surface area contributed by atoms with Gasteiger partial charge in [0.25, 0.3) is 0 Å². The number of aryl methyl sites for hydroxylation is 2. The van der Waals surface area contributed by atoms with Gasteiger partial charge in [-0.25, -0.2) is 9.97 Å². The number of hydrogen-bond donors (Lipinski definition) is 1. The molecule has 0 radical (unpaired) electrons. The summed E-state index contributed by atoms with van der Waals surface area (Å²) in [6, 6.07) is 14.3. The van der Waals surface area contributed by atoms with E-state index in [0.717, 1.165) is 40.2 Å². The fourth-order valence-electron chi connectivity index (χ4n) is 3.51. The van der Waals surface area contributed by atoms with Gasteiger partial charge in [-0.15, -0.1) is 0 Å². The lowest BCUT2D eigenvalue weighted by Crippen LogP contribution is -2.19. The Labute approximate surface area is 167 Å². The highest BCUT2D eigenvalue weighted by atomic mass is 79.9. The SMILES string of the molecule is C=Nc1ccc(Br)nc1N(Cc1cccnc1N)c1ccc2c(c1)CCC2. The van der Waals surface area contributed by atoms with Gasteiger partial charge in [0.15, 0.2) is 5.82 Å². The second-order valence-electron chi connectivity index (χ2n) is 6.58. The van der Waals surface area contributed by atoms with Crippen LogP contribution < -0.4 is 10.6 Å². The molecule has 5 nitrogen and oxygen atoms in total. The van der Waals surface area contributed by atoms with Gasteiger partial charge in [-0.3, -0.25) is 4.99 Å². The fraction of sp³-hybridized carbons (Fsp3) is 0.190. The molecular formula is C21H20BrN5. The van der Waals surface area contributed by atoms with Gasteiger partial charge in [0.1, 0.15) is 16.1 Å². The minimum atomic E-state index is 0.520. The number of aliphatic imine (C=N–C) groups is 1. The van der Waals surface area contributed by atoms with Gasteiger partial charge in [-0.05, 0) is 83.4 Å². The number of nitrogens with zero attached hydrogens (tertiary/aromatic N) is 4. The lowest BCUT2D eigenvalue weighted by molar-refractivity contribution is 0.910. The lowest BCUT2D eigenvalue weighted by atomic mass is 10.1. The molecule has 0 amide bonds. The van der Waals surface area contributed by atoms with Crippen LogP contribution in [0.25, 0.3) is 0 Å². The molecule has 0 atom stereocenters. The zero-order valence-electron chi connectivity index (χ0n) is 14.9. The van der Waals surface area contributed by atoms with Crippen LogP contribution >= 0.6 is 15.9 Å². The normalized spacial score (nSPS) is 12.6. The highest BCUT2D eigenvalue weighted by molar-refractivity contribution is 9.10. The molecule has 0 unspecified atom stereocenters. The minimum Gasteiger partial charge on any atom is -0.383 e. The number of fused-ring (bicyclic) bond motifs is 1. The average molecular weight is 422 g/mol.